The van der Waals surface area contributed by atoms with Gasteiger partial charge < -0.3 is 5.32 Å². The number of nitrogens with one attached hydrogen (secondary N) is 1. The number of carbonyl (C=O) groups is 1. The van der Waals surface area contributed by atoms with Crippen LogP contribution in [0, 0.1) is 0 Å². The van der Waals surface area contributed by atoms with E-state index in [-0.39, 0.29) is 6.04 Å². The van der Waals surface area contributed by atoms with Crippen LogP contribution in [0.4, 0.5) is 0 Å². The van der Waals surface area contributed by atoms with Gasteiger partial charge in [0.1, 0.15) is 0 Å². The zero-order valence-corrected chi connectivity index (χ0v) is 11.2. The molecule has 0 aromatic heterocycles. The Bertz CT molecular complexity index is 400. The summed E-state index contributed by atoms with van der Waals surface area (Å²) in [6.45, 7) is 3.11. The summed E-state index contributed by atoms with van der Waals surface area (Å²) in [6, 6.07) is 8.27. The van der Waals surface area contributed by atoms with Gasteiger partial charge in [-0.1, -0.05) is 50.5 Å². The van der Waals surface area contributed by atoms with Crippen molar-refractivity contribution in [3.05, 3.63) is 35.4 Å². The second-order valence-corrected chi connectivity index (χ2v) is 5.11. The Kier molecular flexibility index (Phi) is 4.94. The SMILES string of the molecule is CCCCCCC(=O)C1NCCc2ccccc21. The van der Waals surface area contributed by atoms with Crippen LogP contribution in [0.2, 0.25) is 0 Å². The van der Waals surface area contributed by atoms with Gasteiger partial charge in [-0.3, -0.25) is 4.79 Å². The molecule has 0 saturated heterocycles. The molecule has 1 aromatic carbocycles. The molecule has 1 unspecified atom stereocenters. The Balaban J connectivity index is 1.95. The lowest BCUT2D eigenvalue weighted by Crippen LogP contribution is -2.35. The van der Waals surface area contributed by atoms with Crippen LogP contribution in [0.5, 0.6) is 0 Å². The van der Waals surface area contributed by atoms with E-state index in [1.807, 2.05) is 6.07 Å². The molecule has 0 bridgehead atoms. The van der Waals surface area contributed by atoms with Gasteiger partial charge in [0.25, 0.3) is 0 Å². The van der Waals surface area contributed by atoms with E-state index in [2.05, 4.69) is 30.4 Å². The third kappa shape index (κ3) is 3.20. The Morgan fingerprint density at radius 1 is 1.28 bits per heavy atom. The number of ketones is 1. The molecule has 1 heterocycles. The second kappa shape index (κ2) is 6.69. The maximum Gasteiger partial charge on any atom is 0.154 e. The van der Waals surface area contributed by atoms with Crippen molar-refractivity contribution >= 4 is 5.78 Å². The maximum atomic E-state index is 12.3. The molecule has 1 aliphatic heterocycles. The van der Waals surface area contributed by atoms with Gasteiger partial charge in [0.05, 0.1) is 6.04 Å². The molecule has 2 nitrogen and oxygen atoms in total. The topological polar surface area (TPSA) is 29.1 Å². The maximum absolute atomic E-state index is 12.3. The third-order valence-electron chi connectivity index (χ3n) is 3.71. The molecule has 0 radical (unpaired) electrons. The van der Waals surface area contributed by atoms with Gasteiger partial charge in [-0.25, -0.2) is 0 Å². The number of hydrogen-bond acceptors (Lipinski definition) is 2. The van der Waals surface area contributed by atoms with Gasteiger partial charge in [0.2, 0.25) is 0 Å². The van der Waals surface area contributed by atoms with Gasteiger partial charge in [0, 0.05) is 13.0 Å². The molecule has 98 valence electrons. The fourth-order valence-corrected chi connectivity index (χ4v) is 2.66. The van der Waals surface area contributed by atoms with Crippen molar-refractivity contribution in [2.75, 3.05) is 6.54 Å². The monoisotopic (exact) mass is 245 g/mol. The van der Waals surface area contributed by atoms with E-state index in [1.165, 1.54) is 30.4 Å². The molecule has 0 amide bonds. The summed E-state index contributed by atoms with van der Waals surface area (Å²) >= 11 is 0. The first-order chi connectivity index (χ1) is 8.83. The summed E-state index contributed by atoms with van der Waals surface area (Å²) in [5.74, 6) is 0.359. The normalized spacial score (nSPS) is 18.4. The number of benzene rings is 1. The number of rotatable bonds is 6. The molecule has 1 atom stereocenters. The highest BCUT2D eigenvalue weighted by atomic mass is 16.1. The average Bonchev–Trinajstić information content (AvgIpc) is 2.43. The largest absolute Gasteiger partial charge is 0.303 e. The van der Waals surface area contributed by atoms with E-state index in [4.69, 9.17) is 0 Å². The van der Waals surface area contributed by atoms with Gasteiger partial charge in [-0.15, -0.1) is 0 Å². The molecular formula is C16H23NO. The average molecular weight is 245 g/mol. The molecule has 0 fully saturated rings. The lowest BCUT2D eigenvalue weighted by Gasteiger charge is -2.25. The molecule has 1 aliphatic rings. The fraction of sp³-hybridized carbons (Fsp3) is 0.562. The van der Waals surface area contributed by atoms with E-state index in [0.29, 0.717) is 12.2 Å². The zero-order chi connectivity index (χ0) is 12.8. The second-order valence-electron chi connectivity index (χ2n) is 5.11. The lowest BCUT2D eigenvalue weighted by atomic mass is 9.90. The summed E-state index contributed by atoms with van der Waals surface area (Å²) in [5, 5.41) is 3.37. The van der Waals surface area contributed by atoms with Gasteiger partial charge in [0.15, 0.2) is 5.78 Å². The highest BCUT2D eigenvalue weighted by molar-refractivity contribution is 5.85. The molecule has 1 N–H and O–H groups in total. The van der Waals surface area contributed by atoms with Crippen LogP contribution >= 0.6 is 0 Å². The van der Waals surface area contributed by atoms with E-state index < -0.39 is 0 Å². The molecule has 2 rings (SSSR count). The summed E-state index contributed by atoms with van der Waals surface area (Å²) in [4.78, 5) is 12.3. The van der Waals surface area contributed by atoms with Crippen molar-refractivity contribution in [1.82, 2.24) is 5.32 Å². The van der Waals surface area contributed by atoms with Crippen LogP contribution in [0.1, 0.15) is 56.2 Å². The van der Waals surface area contributed by atoms with Gasteiger partial charge in [-0.2, -0.15) is 0 Å². The van der Waals surface area contributed by atoms with Crippen LogP contribution in [0.3, 0.4) is 0 Å². The van der Waals surface area contributed by atoms with Gasteiger partial charge in [-0.05, 0) is 24.0 Å². The lowest BCUT2D eigenvalue weighted by molar-refractivity contribution is -0.121. The van der Waals surface area contributed by atoms with Crippen molar-refractivity contribution in [3.8, 4) is 0 Å². The smallest absolute Gasteiger partial charge is 0.154 e. The van der Waals surface area contributed by atoms with E-state index in [9.17, 15) is 4.79 Å². The number of fused-ring (bicyclic) bond motifs is 1. The summed E-state index contributed by atoms with van der Waals surface area (Å²) in [7, 11) is 0. The quantitative estimate of drug-likeness (QED) is 0.778. The van der Waals surface area contributed by atoms with E-state index in [0.717, 1.165) is 19.4 Å². The number of carbonyl (C=O) groups excluding carboxylic acids is 1. The summed E-state index contributed by atoms with van der Waals surface area (Å²) < 4.78 is 0. The van der Waals surface area contributed by atoms with Crippen molar-refractivity contribution in [2.24, 2.45) is 0 Å². The minimum atomic E-state index is -0.0587. The van der Waals surface area contributed by atoms with Crippen LogP contribution in [0.15, 0.2) is 24.3 Å². The molecule has 18 heavy (non-hydrogen) atoms. The standard InChI is InChI=1S/C16H23NO/c1-2-3-4-5-10-15(18)16-14-9-7-6-8-13(14)11-12-17-16/h6-9,16-17H,2-5,10-12H2,1H3. The van der Waals surface area contributed by atoms with Crippen LogP contribution in [-0.4, -0.2) is 12.3 Å². The molecule has 0 saturated carbocycles. The molecular weight excluding hydrogens is 222 g/mol. The zero-order valence-electron chi connectivity index (χ0n) is 11.2. The highest BCUT2D eigenvalue weighted by Crippen LogP contribution is 2.24. The Labute approximate surface area is 110 Å². The van der Waals surface area contributed by atoms with Crippen molar-refractivity contribution in [2.45, 2.75) is 51.5 Å². The molecule has 0 spiro atoms. The highest BCUT2D eigenvalue weighted by Gasteiger charge is 2.24. The van der Waals surface area contributed by atoms with Gasteiger partial charge >= 0.3 is 0 Å². The Morgan fingerprint density at radius 3 is 2.94 bits per heavy atom. The minimum Gasteiger partial charge on any atom is -0.303 e. The molecule has 1 aromatic rings. The summed E-state index contributed by atoms with van der Waals surface area (Å²) in [6.07, 6.45) is 6.42. The van der Waals surface area contributed by atoms with E-state index in [1.54, 1.807) is 0 Å². The predicted molar refractivity (Wildman–Crippen MR) is 74.7 cm³/mol. The molecule has 2 heteroatoms. The van der Waals surface area contributed by atoms with Crippen molar-refractivity contribution in [3.63, 3.8) is 0 Å². The number of hydrogen-bond donors (Lipinski definition) is 1. The van der Waals surface area contributed by atoms with Crippen LogP contribution < -0.4 is 5.32 Å². The Hall–Kier alpha value is -1.15. The third-order valence-corrected chi connectivity index (χ3v) is 3.71. The number of unbranched alkanes of at least 4 members (excludes halogenated alkanes) is 3. The minimum absolute atomic E-state index is 0.0587. The first-order valence-electron chi connectivity index (χ1n) is 7.17. The predicted octanol–water partition coefficient (Wildman–Crippen LogP) is 3.41. The van der Waals surface area contributed by atoms with Crippen LogP contribution in [0.25, 0.3) is 0 Å². The Morgan fingerprint density at radius 2 is 2.11 bits per heavy atom. The van der Waals surface area contributed by atoms with Crippen LogP contribution in [-0.2, 0) is 11.2 Å². The van der Waals surface area contributed by atoms with E-state index >= 15 is 0 Å². The first-order valence-corrected chi connectivity index (χ1v) is 7.17. The fourth-order valence-electron chi connectivity index (χ4n) is 2.66. The number of Topliss-reactive ketones (excluding diaryl/α,β-unsaturated/α-hetero) is 1. The van der Waals surface area contributed by atoms with Crippen molar-refractivity contribution in [1.29, 1.82) is 0 Å². The summed E-state index contributed by atoms with van der Waals surface area (Å²) in [5.41, 5.74) is 2.53. The molecule has 0 aliphatic carbocycles. The van der Waals surface area contributed by atoms with Crippen molar-refractivity contribution < 1.29 is 4.79 Å². The first kappa shape index (κ1) is 13.3.